The SMILES string of the molecule is CC(C)N(C)S(=O)(=O)N1CCCC1. The first-order valence-corrected chi connectivity index (χ1v) is 6.09. The zero-order valence-electron chi connectivity index (χ0n) is 8.52. The van der Waals surface area contributed by atoms with Gasteiger partial charge in [0.1, 0.15) is 0 Å². The van der Waals surface area contributed by atoms with Crippen LogP contribution in [0.3, 0.4) is 0 Å². The Hall–Kier alpha value is -0.130. The van der Waals surface area contributed by atoms with Gasteiger partial charge in [-0.1, -0.05) is 0 Å². The van der Waals surface area contributed by atoms with E-state index >= 15 is 0 Å². The van der Waals surface area contributed by atoms with Gasteiger partial charge in [-0.15, -0.1) is 0 Å². The Balaban J connectivity index is 2.75. The second-order valence-corrected chi connectivity index (χ2v) is 5.71. The molecular formula is C8H18N2O2S. The molecule has 0 aromatic carbocycles. The van der Waals surface area contributed by atoms with Crippen molar-refractivity contribution in [1.29, 1.82) is 0 Å². The predicted octanol–water partition coefficient (Wildman–Crippen LogP) is 0.667. The van der Waals surface area contributed by atoms with E-state index in [1.54, 1.807) is 11.4 Å². The lowest BCUT2D eigenvalue weighted by molar-refractivity contribution is 0.359. The summed E-state index contributed by atoms with van der Waals surface area (Å²) in [6.07, 6.45) is 1.98. The molecule has 0 bridgehead atoms. The molecule has 1 saturated heterocycles. The Kier molecular flexibility index (Phi) is 3.32. The Morgan fingerprint density at radius 2 is 1.69 bits per heavy atom. The maximum Gasteiger partial charge on any atom is 0.281 e. The van der Waals surface area contributed by atoms with E-state index in [4.69, 9.17) is 0 Å². The molecule has 13 heavy (non-hydrogen) atoms. The van der Waals surface area contributed by atoms with Crippen LogP contribution < -0.4 is 0 Å². The van der Waals surface area contributed by atoms with Crippen LogP contribution in [-0.4, -0.2) is 43.2 Å². The third-order valence-corrected chi connectivity index (χ3v) is 4.65. The minimum absolute atomic E-state index is 0.0330. The van der Waals surface area contributed by atoms with Crippen LogP contribution >= 0.6 is 0 Å². The van der Waals surface area contributed by atoms with Gasteiger partial charge in [0.2, 0.25) is 0 Å². The minimum atomic E-state index is -3.17. The molecule has 0 radical (unpaired) electrons. The second kappa shape index (κ2) is 3.94. The first kappa shape index (κ1) is 10.9. The highest BCUT2D eigenvalue weighted by Gasteiger charge is 2.30. The molecule has 0 aliphatic carbocycles. The standard InChI is InChI=1S/C8H18N2O2S/c1-8(2)9(3)13(11,12)10-6-4-5-7-10/h8H,4-7H2,1-3H3. The molecule has 1 fully saturated rings. The van der Waals surface area contributed by atoms with Crippen LogP contribution in [0.1, 0.15) is 26.7 Å². The maximum absolute atomic E-state index is 11.8. The molecule has 1 heterocycles. The highest BCUT2D eigenvalue weighted by atomic mass is 32.2. The van der Waals surface area contributed by atoms with Crippen molar-refractivity contribution in [3.63, 3.8) is 0 Å². The monoisotopic (exact) mass is 206 g/mol. The van der Waals surface area contributed by atoms with Gasteiger partial charge >= 0.3 is 0 Å². The van der Waals surface area contributed by atoms with Crippen LogP contribution in [0.25, 0.3) is 0 Å². The van der Waals surface area contributed by atoms with Gasteiger partial charge in [0, 0.05) is 26.2 Å². The Bertz CT molecular complexity index is 247. The van der Waals surface area contributed by atoms with Crippen molar-refractivity contribution in [3.05, 3.63) is 0 Å². The summed E-state index contributed by atoms with van der Waals surface area (Å²) in [6.45, 7) is 5.13. The summed E-state index contributed by atoms with van der Waals surface area (Å²) in [5.74, 6) is 0. The molecule has 0 aromatic rings. The van der Waals surface area contributed by atoms with E-state index < -0.39 is 10.2 Å². The highest BCUT2D eigenvalue weighted by molar-refractivity contribution is 7.86. The van der Waals surface area contributed by atoms with Crippen molar-refractivity contribution in [2.75, 3.05) is 20.1 Å². The third kappa shape index (κ3) is 2.21. The van der Waals surface area contributed by atoms with Crippen molar-refractivity contribution in [2.24, 2.45) is 0 Å². The van der Waals surface area contributed by atoms with E-state index in [1.165, 1.54) is 4.31 Å². The van der Waals surface area contributed by atoms with Crippen molar-refractivity contribution in [3.8, 4) is 0 Å². The van der Waals surface area contributed by atoms with Crippen LogP contribution in [0.4, 0.5) is 0 Å². The van der Waals surface area contributed by atoms with Crippen molar-refractivity contribution in [2.45, 2.75) is 32.7 Å². The molecule has 0 unspecified atom stereocenters. The fourth-order valence-electron chi connectivity index (χ4n) is 1.37. The number of hydrogen-bond acceptors (Lipinski definition) is 2. The van der Waals surface area contributed by atoms with Gasteiger partial charge in [-0.05, 0) is 26.7 Å². The van der Waals surface area contributed by atoms with Gasteiger partial charge in [0.05, 0.1) is 0 Å². The molecule has 0 saturated carbocycles. The van der Waals surface area contributed by atoms with Crippen LogP contribution in [0.5, 0.6) is 0 Å². The topological polar surface area (TPSA) is 40.6 Å². The van der Waals surface area contributed by atoms with E-state index in [0.717, 1.165) is 12.8 Å². The summed E-state index contributed by atoms with van der Waals surface area (Å²) >= 11 is 0. The summed E-state index contributed by atoms with van der Waals surface area (Å²) in [6, 6.07) is 0.0330. The minimum Gasteiger partial charge on any atom is -0.195 e. The second-order valence-electron chi connectivity index (χ2n) is 3.72. The summed E-state index contributed by atoms with van der Waals surface area (Å²) < 4.78 is 26.6. The van der Waals surface area contributed by atoms with Crippen LogP contribution in [-0.2, 0) is 10.2 Å². The van der Waals surface area contributed by atoms with Crippen molar-refractivity contribution < 1.29 is 8.42 Å². The fourth-order valence-corrected chi connectivity index (χ4v) is 2.98. The number of hydrogen-bond donors (Lipinski definition) is 0. The van der Waals surface area contributed by atoms with Crippen LogP contribution in [0.2, 0.25) is 0 Å². The molecule has 0 atom stereocenters. The van der Waals surface area contributed by atoms with Gasteiger partial charge in [0.15, 0.2) is 0 Å². The average Bonchev–Trinajstić information content (AvgIpc) is 2.54. The molecule has 1 rings (SSSR count). The smallest absolute Gasteiger partial charge is 0.195 e. The van der Waals surface area contributed by atoms with E-state index in [1.807, 2.05) is 13.8 Å². The molecular weight excluding hydrogens is 188 g/mol. The molecule has 78 valence electrons. The first-order chi connectivity index (χ1) is 5.96. The molecule has 0 amide bonds. The third-order valence-electron chi connectivity index (χ3n) is 2.48. The number of nitrogens with zero attached hydrogens (tertiary/aromatic N) is 2. The lowest BCUT2D eigenvalue weighted by atomic mass is 10.4. The molecule has 0 spiro atoms. The summed E-state index contributed by atoms with van der Waals surface area (Å²) in [5, 5.41) is 0. The van der Waals surface area contributed by atoms with E-state index in [0.29, 0.717) is 13.1 Å². The fraction of sp³-hybridized carbons (Fsp3) is 1.00. The van der Waals surface area contributed by atoms with E-state index in [2.05, 4.69) is 0 Å². The molecule has 0 N–H and O–H groups in total. The Labute approximate surface area is 80.7 Å². The normalized spacial score (nSPS) is 20.4. The van der Waals surface area contributed by atoms with Crippen LogP contribution in [0.15, 0.2) is 0 Å². The maximum atomic E-state index is 11.8. The van der Waals surface area contributed by atoms with E-state index in [-0.39, 0.29) is 6.04 Å². The van der Waals surface area contributed by atoms with Gasteiger partial charge in [0.25, 0.3) is 10.2 Å². The molecule has 1 aliphatic rings. The van der Waals surface area contributed by atoms with Gasteiger partial charge in [-0.3, -0.25) is 0 Å². The van der Waals surface area contributed by atoms with E-state index in [9.17, 15) is 8.42 Å². The highest BCUT2D eigenvalue weighted by Crippen LogP contribution is 2.16. The Morgan fingerprint density at radius 3 is 2.08 bits per heavy atom. The van der Waals surface area contributed by atoms with Crippen molar-refractivity contribution in [1.82, 2.24) is 8.61 Å². The lowest BCUT2D eigenvalue weighted by Crippen LogP contribution is -2.43. The summed E-state index contributed by atoms with van der Waals surface area (Å²) in [4.78, 5) is 0. The zero-order chi connectivity index (χ0) is 10.1. The molecule has 5 heteroatoms. The molecule has 4 nitrogen and oxygen atoms in total. The zero-order valence-corrected chi connectivity index (χ0v) is 9.34. The molecule has 0 aromatic heterocycles. The lowest BCUT2D eigenvalue weighted by Gasteiger charge is -2.26. The quantitative estimate of drug-likeness (QED) is 0.681. The van der Waals surface area contributed by atoms with Gasteiger partial charge in [-0.25, -0.2) is 0 Å². The van der Waals surface area contributed by atoms with Gasteiger partial charge < -0.3 is 0 Å². The number of rotatable bonds is 3. The summed E-state index contributed by atoms with van der Waals surface area (Å²) in [5.41, 5.74) is 0. The van der Waals surface area contributed by atoms with Crippen LogP contribution in [0, 0.1) is 0 Å². The first-order valence-electron chi connectivity index (χ1n) is 4.69. The van der Waals surface area contributed by atoms with Crippen molar-refractivity contribution >= 4 is 10.2 Å². The average molecular weight is 206 g/mol. The summed E-state index contributed by atoms with van der Waals surface area (Å²) in [7, 11) is -1.53. The largest absolute Gasteiger partial charge is 0.281 e. The predicted molar refractivity (Wildman–Crippen MR) is 52.6 cm³/mol. The Morgan fingerprint density at radius 1 is 1.23 bits per heavy atom. The molecule has 1 aliphatic heterocycles. The van der Waals surface area contributed by atoms with Gasteiger partial charge in [-0.2, -0.15) is 17.0 Å².